The summed E-state index contributed by atoms with van der Waals surface area (Å²) in [5.74, 6) is -4.04. The molecule has 3 N–H and O–H groups in total. The maximum Gasteiger partial charge on any atom is 0.521 e. The number of hydrogen-bond donors (Lipinski definition) is 2. The molecule has 48 heavy (non-hydrogen) atoms. The Morgan fingerprint density at radius 2 is 1.48 bits per heavy atom. The summed E-state index contributed by atoms with van der Waals surface area (Å²) in [5.41, 5.74) is 6.68. The Kier molecular flexibility index (Phi) is 13.2. The molecule has 0 aliphatic carbocycles. The van der Waals surface area contributed by atoms with Crippen molar-refractivity contribution in [2.24, 2.45) is 5.73 Å². The lowest BCUT2D eigenvalue weighted by atomic mass is 10.1. The van der Waals surface area contributed by atoms with E-state index in [0.29, 0.717) is 37.8 Å². The lowest BCUT2D eigenvalue weighted by Gasteiger charge is -2.35. The minimum atomic E-state index is -4.77. The van der Waals surface area contributed by atoms with Crippen molar-refractivity contribution in [1.82, 2.24) is 0 Å². The Balaban J connectivity index is 1.74. The number of carbonyl (C=O) groups excluding carboxylic acids is 3. The molecule has 0 radical (unpaired) electrons. The molecule has 5 atom stereocenters. The van der Waals surface area contributed by atoms with Crippen molar-refractivity contribution in [3.8, 4) is 0 Å². The number of carboxylic acid groups (broad SMARTS) is 1. The number of benzene rings is 3. The predicted octanol–water partition coefficient (Wildman–Crippen LogP) is 6.15. The van der Waals surface area contributed by atoms with Crippen molar-refractivity contribution in [2.75, 3.05) is 19.9 Å². The highest BCUT2D eigenvalue weighted by Gasteiger charge is 2.57. The van der Waals surface area contributed by atoms with Crippen molar-refractivity contribution in [3.05, 3.63) is 108 Å². The summed E-state index contributed by atoms with van der Waals surface area (Å²) in [5, 5.41) is 10.3. The fourth-order valence-corrected chi connectivity index (χ4v) is 7.48. The first-order valence-corrected chi connectivity index (χ1v) is 17.5. The smallest absolute Gasteiger partial charge is 0.445 e. The van der Waals surface area contributed by atoms with Gasteiger partial charge in [-0.25, -0.2) is 14.4 Å². The molecule has 1 saturated heterocycles. The summed E-state index contributed by atoms with van der Waals surface area (Å²) in [7, 11) is -4.77. The maximum atomic E-state index is 15.1. The topological polar surface area (TPSA) is 169 Å². The molecular formula is C35H42N2O10P+. The molecule has 0 spiro atoms. The highest BCUT2D eigenvalue weighted by atomic mass is 31.2. The Labute approximate surface area is 279 Å². The monoisotopic (exact) mass is 681 g/mol. The third kappa shape index (κ3) is 9.03. The number of amides is 2. The third-order valence-corrected chi connectivity index (χ3v) is 10.4. The fraction of sp³-hybridized carbons (Fsp3) is 0.371. The zero-order valence-electron chi connectivity index (χ0n) is 26.8. The minimum Gasteiger partial charge on any atom is -0.445 e. The van der Waals surface area contributed by atoms with Crippen molar-refractivity contribution in [1.29, 1.82) is 0 Å². The van der Waals surface area contributed by atoms with Crippen molar-refractivity contribution >= 4 is 31.5 Å². The molecule has 3 aromatic carbocycles. The molecule has 1 aliphatic heterocycles. The van der Waals surface area contributed by atoms with E-state index in [0.717, 1.165) is 0 Å². The summed E-state index contributed by atoms with van der Waals surface area (Å²) in [4.78, 5) is 53.0. The number of esters is 2. The van der Waals surface area contributed by atoms with E-state index in [1.807, 2.05) is 0 Å². The Morgan fingerprint density at radius 1 is 0.896 bits per heavy atom. The fourth-order valence-electron chi connectivity index (χ4n) is 5.70. The Hall–Kier alpha value is -4.19. The van der Waals surface area contributed by atoms with E-state index < -0.39 is 60.8 Å². The normalized spacial score (nSPS) is 19.8. The average Bonchev–Trinajstić information content (AvgIpc) is 3.50. The molecule has 3 unspecified atom stereocenters. The summed E-state index contributed by atoms with van der Waals surface area (Å²) >= 11 is 0. The van der Waals surface area contributed by atoms with Crippen LogP contribution in [0.2, 0.25) is 0 Å². The van der Waals surface area contributed by atoms with Gasteiger partial charge in [0.25, 0.3) is 0 Å². The molecule has 0 aromatic heterocycles. The molecule has 2 amide bonds. The summed E-state index contributed by atoms with van der Waals surface area (Å²) in [6, 6.07) is 24.2. The zero-order chi connectivity index (χ0) is 34.6. The van der Waals surface area contributed by atoms with Crippen LogP contribution >= 0.6 is 7.60 Å². The second-order valence-corrected chi connectivity index (χ2v) is 13.7. The molecule has 256 valence electrons. The van der Waals surface area contributed by atoms with Crippen LogP contribution in [-0.2, 0) is 34.3 Å². The van der Waals surface area contributed by atoms with Gasteiger partial charge in [0.05, 0.1) is 17.7 Å². The number of nitrogens with two attached hydrogens (primary N) is 1. The highest BCUT2D eigenvalue weighted by Crippen LogP contribution is 2.56. The van der Waals surface area contributed by atoms with Gasteiger partial charge in [-0.05, 0) is 62.6 Å². The van der Waals surface area contributed by atoms with E-state index >= 15 is 4.57 Å². The van der Waals surface area contributed by atoms with E-state index in [-0.39, 0.29) is 30.5 Å². The first-order valence-electron chi connectivity index (χ1n) is 15.9. The van der Waals surface area contributed by atoms with Gasteiger partial charge in [-0.1, -0.05) is 66.7 Å². The molecule has 0 saturated carbocycles. The van der Waals surface area contributed by atoms with Gasteiger partial charge < -0.3 is 20.3 Å². The molecule has 0 bridgehead atoms. The van der Waals surface area contributed by atoms with Crippen LogP contribution in [-0.4, -0.2) is 71.4 Å². The lowest BCUT2D eigenvalue weighted by molar-refractivity contribution is -0.794. The molecule has 1 heterocycles. The average molecular weight is 682 g/mol. The van der Waals surface area contributed by atoms with Crippen molar-refractivity contribution in [3.63, 3.8) is 0 Å². The number of nitrogens with zero attached hydrogens (tertiary/aromatic N) is 1. The second-order valence-electron chi connectivity index (χ2n) is 11.6. The van der Waals surface area contributed by atoms with Gasteiger partial charge in [-0.3, -0.25) is 13.6 Å². The number of carbonyl (C=O) groups is 4. The van der Waals surface area contributed by atoms with Gasteiger partial charge in [0.15, 0.2) is 6.10 Å². The van der Waals surface area contributed by atoms with Gasteiger partial charge in [0.1, 0.15) is 6.04 Å². The van der Waals surface area contributed by atoms with Gasteiger partial charge in [0, 0.05) is 19.3 Å². The van der Waals surface area contributed by atoms with Crippen LogP contribution in [0.1, 0.15) is 65.3 Å². The van der Waals surface area contributed by atoms with Crippen molar-refractivity contribution < 1.29 is 51.9 Å². The summed E-state index contributed by atoms with van der Waals surface area (Å²) in [6.45, 7) is 1.13. The number of hydrogen-bond acceptors (Lipinski definition) is 10. The molecule has 4 rings (SSSR count). The van der Waals surface area contributed by atoms with E-state index in [1.54, 1.807) is 73.7 Å². The van der Waals surface area contributed by atoms with Crippen LogP contribution in [0.3, 0.4) is 0 Å². The van der Waals surface area contributed by atoms with Gasteiger partial charge in [0.2, 0.25) is 12.6 Å². The Bertz CT molecular complexity index is 1570. The van der Waals surface area contributed by atoms with Crippen molar-refractivity contribution in [2.45, 2.75) is 63.4 Å². The van der Waals surface area contributed by atoms with Crippen LogP contribution in [0, 0.1) is 0 Å². The standard InChI is InChI=1S/C35H41N2O10P/c1-26-14-13-23-37(26,35(41)42)32(38)30(21-11-12-22-36)47-48(43,45-25-44-33(39)28-17-7-3-8-18-28)31(24-27-15-5-2-6-16-27)46-34(40)29-19-9-4-10-20-29/h2-10,15-20,26,30-31H,11-14,21-25,36H2,1H3/p+1/t26-,30?,31+,37?,48?/m1/s1. The van der Waals surface area contributed by atoms with Crippen LogP contribution in [0.25, 0.3) is 0 Å². The first kappa shape index (κ1) is 36.6. The number of ether oxygens (including phenoxy) is 2. The first-order chi connectivity index (χ1) is 23.1. The number of likely N-dealkylation sites (tertiary alicyclic amines) is 1. The minimum absolute atomic E-state index is 0.0299. The largest absolute Gasteiger partial charge is 0.521 e. The van der Waals surface area contributed by atoms with Gasteiger partial charge in [-0.15, -0.1) is 0 Å². The second kappa shape index (κ2) is 17.3. The molecule has 3 aromatic rings. The molecular weight excluding hydrogens is 639 g/mol. The lowest BCUT2D eigenvalue weighted by Crippen LogP contribution is -2.62. The van der Waals surface area contributed by atoms with Crippen LogP contribution in [0.4, 0.5) is 4.79 Å². The molecule has 1 aliphatic rings. The van der Waals surface area contributed by atoms with E-state index in [9.17, 15) is 24.3 Å². The van der Waals surface area contributed by atoms with Crippen LogP contribution < -0.4 is 5.73 Å². The van der Waals surface area contributed by atoms with Gasteiger partial charge >= 0.3 is 31.5 Å². The third-order valence-electron chi connectivity index (χ3n) is 8.38. The molecule has 1 fully saturated rings. The summed E-state index contributed by atoms with van der Waals surface area (Å²) in [6.07, 6.45) is -1.28. The zero-order valence-corrected chi connectivity index (χ0v) is 27.7. The predicted molar refractivity (Wildman–Crippen MR) is 176 cm³/mol. The highest BCUT2D eigenvalue weighted by molar-refractivity contribution is 7.54. The number of unbranched alkanes of at least 4 members (excludes halogenated alkanes) is 1. The Morgan fingerprint density at radius 3 is 2.02 bits per heavy atom. The van der Waals surface area contributed by atoms with E-state index in [1.165, 1.54) is 24.3 Å². The molecule has 13 heteroatoms. The molecule has 12 nitrogen and oxygen atoms in total. The van der Waals surface area contributed by atoms with Gasteiger partial charge in [-0.2, -0.15) is 9.28 Å². The number of rotatable bonds is 16. The SMILES string of the molecule is C[C@@H]1CCC[N+]1(C(=O)O)C(=O)C(CCCCN)OP(=O)(OCOC(=O)c1ccccc1)[C@@H](Cc1ccccc1)OC(=O)c1ccccc1. The quantitative estimate of drug-likeness (QED) is 0.0584. The number of quaternary nitrogens is 1. The summed E-state index contributed by atoms with van der Waals surface area (Å²) < 4.78 is 37.1. The maximum absolute atomic E-state index is 15.1. The van der Waals surface area contributed by atoms with E-state index in [2.05, 4.69) is 0 Å². The van der Waals surface area contributed by atoms with Crippen LogP contribution in [0.15, 0.2) is 91.0 Å². The van der Waals surface area contributed by atoms with E-state index in [4.69, 9.17) is 24.3 Å². The number of imide groups is 1. The van der Waals surface area contributed by atoms with Crippen LogP contribution in [0.5, 0.6) is 0 Å².